The first-order valence-corrected chi connectivity index (χ1v) is 15.0. The molecule has 1 unspecified atom stereocenters. The molecule has 1 heterocycles. The van der Waals surface area contributed by atoms with Crippen LogP contribution in [0.2, 0.25) is 5.02 Å². The molecule has 1 amide bonds. The molecule has 0 spiro atoms. The van der Waals surface area contributed by atoms with Crippen molar-refractivity contribution in [3.8, 4) is 5.75 Å². The summed E-state index contributed by atoms with van der Waals surface area (Å²) in [4.78, 5) is 13.1. The largest absolute Gasteiger partial charge is 0.492 e. The Kier molecular flexibility index (Phi) is 9.03. The molecular weight excluding hydrogens is 514 g/mol. The quantitative estimate of drug-likeness (QED) is 0.436. The molecule has 3 rings (SSSR count). The molecule has 1 aliphatic heterocycles. The van der Waals surface area contributed by atoms with E-state index < -0.39 is 32.0 Å². The molecule has 0 radical (unpaired) electrons. The van der Waals surface area contributed by atoms with Crippen LogP contribution >= 0.6 is 11.6 Å². The maximum atomic E-state index is 12.8. The van der Waals surface area contributed by atoms with Gasteiger partial charge in [-0.15, -0.1) is 0 Å². The summed E-state index contributed by atoms with van der Waals surface area (Å²) in [5, 5.41) is 3.07. The van der Waals surface area contributed by atoms with E-state index in [-0.39, 0.29) is 24.5 Å². The van der Waals surface area contributed by atoms with Crippen LogP contribution in [-0.4, -0.2) is 65.6 Å². The van der Waals surface area contributed by atoms with Crippen molar-refractivity contribution in [1.82, 2.24) is 9.62 Å². The van der Waals surface area contributed by atoms with Gasteiger partial charge in [0.15, 0.2) is 0 Å². The zero-order chi connectivity index (χ0) is 25.6. The maximum absolute atomic E-state index is 12.8. The van der Waals surface area contributed by atoms with Gasteiger partial charge >= 0.3 is 0 Å². The highest BCUT2D eigenvalue weighted by Crippen LogP contribution is 2.26. The summed E-state index contributed by atoms with van der Waals surface area (Å²) < 4.78 is 58.3. The van der Waals surface area contributed by atoms with Gasteiger partial charge in [0.05, 0.1) is 23.4 Å². The van der Waals surface area contributed by atoms with Crippen LogP contribution in [0.4, 0.5) is 5.69 Å². The number of amides is 1. The summed E-state index contributed by atoms with van der Waals surface area (Å²) in [5.41, 5.74) is 0.308. The van der Waals surface area contributed by atoms with E-state index in [1.165, 1.54) is 22.5 Å². The highest BCUT2D eigenvalue weighted by atomic mass is 35.5. The number of carbonyl (C=O) groups excluding carboxylic acids is 1. The van der Waals surface area contributed by atoms with Crippen LogP contribution < -0.4 is 14.4 Å². The van der Waals surface area contributed by atoms with Gasteiger partial charge in [0.25, 0.3) is 0 Å². The third-order valence-corrected chi connectivity index (χ3v) is 8.92. The number of benzene rings is 2. The van der Waals surface area contributed by atoms with Crippen LogP contribution in [-0.2, 0) is 24.8 Å². The van der Waals surface area contributed by atoms with Crippen LogP contribution in [0.5, 0.6) is 5.75 Å². The number of sulfonamides is 2. The third-order valence-electron chi connectivity index (χ3n) is 5.59. The number of ether oxygens (including phenoxy) is 1. The summed E-state index contributed by atoms with van der Waals surface area (Å²) >= 11 is 6.02. The second kappa shape index (κ2) is 11.6. The number of hydrogen-bond acceptors (Lipinski definition) is 6. The molecular formula is C23H30ClN3O6S2. The van der Waals surface area contributed by atoms with Gasteiger partial charge in [-0.25, -0.2) is 16.8 Å². The van der Waals surface area contributed by atoms with Crippen LogP contribution in [0.25, 0.3) is 0 Å². The molecule has 192 valence electrons. The van der Waals surface area contributed by atoms with Crippen molar-refractivity contribution in [1.29, 1.82) is 0 Å². The van der Waals surface area contributed by atoms with Gasteiger partial charge in [0.2, 0.25) is 26.0 Å². The molecule has 0 bridgehead atoms. The lowest BCUT2D eigenvalue weighted by atomic mass is 10.2. The van der Waals surface area contributed by atoms with Crippen LogP contribution in [0.1, 0.15) is 26.2 Å². The van der Waals surface area contributed by atoms with E-state index in [4.69, 9.17) is 16.3 Å². The Morgan fingerprint density at radius 2 is 1.77 bits per heavy atom. The minimum Gasteiger partial charge on any atom is -0.492 e. The zero-order valence-electron chi connectivity index (χ0n) is 19.7. The molecule has 0 aliphatic carbocycles. The van der Waals surface area contributed by atoms with Crippen LogP contribution in [0.3, 0.4) is 0 Å². The van der Waals surface area contributed by atoms with E-state index >= 15 is 0 Å². The molecule has 2 aromatic rings. The molecule has 2 aromatic carbocycles. The van der Waals surface area contributed by atoms with Gasteiger partial charge in [-0.1, -0.05) is 24.6 Å². The van der Waals surface area contributed by atoms with Gasteiger partial charge in [-0.05, 0) is 61.7 Å². The number of nitrogens with one attached hydrogen (secondary N) is 1. The van der Waals surface area contributed by atoms with Crippen molar-refractivity contribution < 1.29 is 26.4 Å². The normalized spacial score (nSPS) is 15.5. The molecule has 1 aliphatic rings. The van der Waals surface area contributed by atoms with Gasteiger partial charge in [0.1, 0.15) is 18.4 Å². The van der Waals surface area contributed by atoms with E-state index in [0.29, 0.717) is 29.5 Å². The first-order valence-electron chi connectivity index (χ1n) is 11.3. The Morgan fingerprint density at radius 1 is 1.11 bits per heavy atom. The second-order valence-corrected chi connectivity index (χ2v) is 12.4. The smallest absolute Gasteiger partial charge is 0.244 e. The Bertz CT molecular complexity index is 1230. The van der Waals surface area contributed by atoms with Crippen molar-refractivity contribution in [3.05, 3.63) is 53.6 Å². The Morgan fingerprint density at radius 3 is 2.34 bits per heavy atom. The maximum Gasteiger partial charge on any atom is 0.244 e. The second-order valence-electron chi connectivity index (χ2n) is 8.18. The predicted molar refractivity (Wildman–Crippen MR) is 136 cm³/mol. The first kappa shape index (κ1) is 27.3. The number of nitrogens with zero attached hydrogens (tertiary/aromatic N) is 2. The number of carbonyl (C=O) groups is 1. The molecule has 1 saturated heterocycles. The lowest BCUT2D eigenvalue weighted by Gasteiger charge is -2.30. The number of halogens is 1. The number of hydrogen-bond donors (Lipinski definition) is 1. The molecule has 12 heteroatoms. The Hall–Kier alpha value is -2.34. The van der Waals surface area contributed by atoms with E-state index in [9.17, 15) is 21.6 Å². The molecule has 1 fully saturated rings. The third kappa shape index (κ3) is 6.87. The summed E-state index contributed by atoms with van der Waals surface area (Å²) in [6.07, 6.45) is 3.03. The number of anilines is 1. The summed E-state index contributed by atoms with van der Waals surface area (Å²) in [7, 11) is -7.25. The minimum atomic E-state index is -3.76. The average molecular weight is 544 g/mol. The van der Waals surface area contributed by atoms with Crippen LogP contribution in [0.15, 0.2) is 53.4 Å². The highest BCUT2D eigenvalue weighted by molar-refractivity contribution is 7.92. The van der Waals surface area contributed by atoms with Crippen molar-refractivity contribution in [2.75, 3.05) is 36.8 Å². The molecule has 0 saturated carbocycles. The van der Waals surface area contributed by atoms with Gasteiger partial charge in [0, 0.05) is 18.1 Å². The fourth-order valence-corrected chi connectivity index (χ4v) is 6.82. The summed E-state index contributed by atoms with van der Waals surface area (Å²) in [5.74, 6) is -0.00286. The monoisotopic (exact) mass is 543 g/mol. The lowest BCUT2D eigenvalue weighted by molar-refractivity contribution is -0.122. The van der Waals surface area contributed by atoms with E-state index in [1.807, 2.05) is 0 Å². The first-order chi connectivity index (χ1) is 16.5. The standard InChI is InChI=1S/C23H30ClN3O6S2/c1-3-22(27(34(2,29)30)19-8-6-7-18(24)17-19)23(28)25-13-16-33-20-9-11-21(12-10-20)35(31,32)26-14-4-5-15-26/h6-12,17,22H,3-5,13-16H2,1-2H3,(H,25,28). The van der Waals surface area contributed by atoms with Crippen molar-refractivity contribution in [2.24, 2.45) is 0 Å². The molecule has 1 atom stereocenters. The van der Waals surface area contributed by atoms with E-state index in [2.05, 4.69) is 5.32 Å². The van der Waals surface area contributed by atoms with Gasteiger partial charge in [-0.2, -0.15) is 4.31 Å². The zero-order valence-corrected chi connectivity index (χ0v) is 22.1. The highest BCUT2D eigenvalue weighted by Gasteiger charge is 2.31. The topological polar surface area (TPSA) is 113 Å². The van der Waals surface area contributed by atoms with Crippen molar-refractivity contribution in [2.45, 2.75) is 37.1 Å². The molecule has 9 nitrogen and oxygen atoms in total. The number of rotatable bonds is 11. The molecule has 1 N–H and O–H groups in total. The predicted octanol–water partition coefficient (Wildman–Crippen LogP) is 2.86. The Labute approximate surface area is 212 Å². The van der Waals surface area contributed by atoms with Crippen LogP contribution in [0, 0.1) is 0 Å². The van der Waals surface area contributed by atoms with Gasteiger partial charge < -0.3 is 10.1 Å². The summed E-state index contributed by atoms with van der Waals surface area (Å²) in [6, 6.07) is 11.5. The average Bonchev–Trinajstić information content (AvgIpc) is 3.35. The summed E-state index contributed by atoms with van der Waals surface area (Å²) in [6.45, 7) is 3.05. The van der Waals surface area contributed by atoms with Gasteiger partial charge in [-0.3, -0.25) is 9.10 Å². The van der Waals surface area contributed by atoms with E-state index in [1.54, 1.807) is 37.3 Å². The Balaban J connectivity index is 1.57. The molecule has 0 aromatic heterocycles. The fourth-order valence-electron chi connectivity index (χ4n) is 3.92. The van der Waals surface area contributed by atoms with Crippen molar-refractivity contribution in [3.63, 3.8) is 0 Å². The molecule has 35 heavy (non-hydrogen) atoms. The fraction of sp³-hybridized carbons (Fsp3) is 0.435. The lowest BCUT2D eigenvalue weighted by Crippen LogP contribution is -2.50. The minimum absolute atomic E-state index is 0.121. The van der Waals surface area contributed by atoms with Crippen molar-refractivity contribution >= 4 is 43.2 Å². The van der Waals surface area contributed by atoms with E-state index in [0.717, 1.165) is 23.4 Å². The SMILES string of the molecule is CCC(C(=O)NCCOc1ccc(S(=O)(=O)N2CCCC2)cc1)N(c1cccc(Cl)c1)S(C)(=O)=O.